The van der Waals surface area contributed by atoms with E-state index < -0.39 is 78.3 Å². The van der Waals surface area contributed by atoms with Crippen LogP contribution >= 0.6 is 0 Å². The Morgan fingerprint density at radius 1 is 0.815 bits per heavy atom. The second-order valence-electron chi connectivity index (χ2n) is 12.5. The molecule has 0 radical (unpaired) electrons. The van der Waals surface area contributed by atoms with Crippen molar-refractivity contribution in [2.24, 2.45) is 33.8 Å². The Morgan fingerprint density at radius 3 is 1.85 bits per heavy atom. The largest absolute Gasteiger partial charge is 0.490 e. The molecular weight excluding hydrogens is 727 g/mol. The number of alkyl halides is 3. The predicted molar refractivity (Wildman–Crippen MR) is 189 cm³/mol. The summed E-state index contributed by atoms with van der Waals surface area (Å²) < 4.78 is 37.2. The Kier molecular flexibility index (Phi) is 24.5. The molecule has 1 fully saturated rings. The normalized spacial score (nSPS) is 21.9. The first kappa shape index (κ1) is 49.2. The average Bonchev–Trinajstić information content (AvgIpc) is 3.07. The van der Waals surface area contributed by atoms with Crippen LogP contribution in [0, 0.1) is 5.92 Å². The predicted octanol–water partition coefficient (Wildman–Crippen LogP) is -2.86. The van der Waals surface area contributed by atoms with E-state index in [1.807, 2.05) is 13.8 Å². The average molecular weight is 784 g/mol. The van der Waals surface area contributed by atoms with Crippen LogP contribution in [0.2, 0.25) is 0 Å². The summed E-state index contributed by atoms with van der Waals surface area (Å²) in [5.41, 5.74) is 22.2. The molecule has 1 heterocycles. The first-order valence-electron chi connectivity index (χ1n) is 17.4. The lowest BCUT2D eigenvalue weighted by atomic mass is 10.0. The Hall–Kier alpha value is -4.77. The van der Waals surface area contributed by atoms with Gasteiger partial charge in [-0.2, -0.15) is 13.2 Å². The van der Waals surface area contributed by atoms with Crippen molar-refractivity contribution in [3.63, 3.8) is 0 Å². The molecule has 0 spiro atoms. The minimum Gasteiger partial charge on any atom is -0.475 e. The molecule has 4 atom stereocenters. The van der Waals surface area contributed by atoms with E-state index in [4.69, 9.17) is 37.6 Å². The van der Waals surface area contributed by atoms with Crippen LogP contribution in [-0.4, -0.2) is 122 Å². The summed E-state index contributed by atoms with van der Waals surface area (Å²) in [7, 11) is 0. The quantitative estimate of drug-likeness (QED) is 0.0571. The molecule has 0 aromatic carbocycles. The van der Waals surface area contributed by atoms with Crippen LogP contribution in [0.5, 0.6) is 0 Å². The molecule has 6 amide bonds. The number of amides is 6. The Bertz CT molecular complexity index is 1250. The smallest absolute Gasteiger partial charge is 0.475 e. The summed E-state index contributed by atoms with van der Waals surface area (Å²) in [6, 6.07) is -3.99. The van der Waals surface area contributed by atoms with Gasteiger partial charge in [0.1, 0.15) is 30.9 Å². The number of carbonyl (C=O) groups excluding carboxylic acids is 6. The molecule has 310 valence electrons. The van der Waals surface area contributed by atoms with Crippen molar-refractivity contribution in [1.29, 1.82) is 0 Å². The second-order valence-corrected chi connectivity index (χ2v) is 12.5. The molecule has 23 heteroatoms. The van der Waals surface area contributed by atoms with Crippen molar-refractivity contribution in [1.82, 2.24) is 31.9 Å². The number of halogens is 3. The zero-order chi connectivity index (χ0) is 41.3. The molecular formula is C31H56F3N11O9. The first-order valence-corrected chi connectivity index (χ1v) is 17.4. The van der Waals surface area contributed by atoms with Crippen molar-refractivity contribution in [2.45, 2.75) is 102 Å². The summed E-state index contributed by atoms with van der Waals surface area (Å²) in [6.45, 7) is 3.84. The van der Waals surface area contributed by atoms with Crippen molar-refractivity contribution >= 4 is 47.4 Å². The van der Waals surface area contributed by atoms with Gasteiger partial charge in [0.05, 0.1) is 13.2 Å². The van der Waals surface area contributed by atoms with Crippen molar-refractivity contribution in [3.05, 3.63) is 0 Å². The molecule has 0 bridgehead atoms. The number of hydrogen-bond donors (Lipinski definition) is 11. The molecule has 1 aliphatic rings. The fraction of sp³-hybridized carbons (Fsp3) is 0.742. The van der Waals surface area contributed by atoms with Crippen LogP contribution < -0.4 is 54.8 Å². The van der Waals surface area contributed by atoms with Gasteiger partial charge in [0, 0.05) is 19.4 Å². The first-order chi connectivity index (χ1) is 25.3. The number of nitrogens with zero attached hydrogens (tertiary/aromatic N) is 1. The molecule has 15 N–H and O–H groups in total. The summed E-state index contributed by atoms with van der Waals surface area (Å²) in [4.78, 5) is 90.5. The van der Waals surface area contributed by atoms with Crippen molar-refractivity contribution < 1.29 is 56.6 Å². The fourth-order valence-corrected chi connectivity index (χ4v) is 4.65. The third-order valence-corrected chi connectivity index (χ3v) is 7.35. The molecule has 20 nitrogen and oxygen atoms in total. The lowest BCUT2D eigenvalue weighted by Crippen LogP contribution is -2.57. The highest BCUT2D eigenvalue weighted by atomic mass is 19.4. The Labute approximate surface area is 311 Å². The topological polar surface area (TPSA) is 338 Å². The van der Waals surface area contributed by atoms with E-state index >= 15 is 0 Å². The molecule has 0 saturated carbocycles. The third-order valence-electron chi connectivity index (χ3n) is 7.35. The van der Waals surface area contributed by atoms with Gasteiger partial charge < -0.3 is 64.7 Å². The lowest BCUT2D eigenvalue weighted by Gasteiger charge is -2.26. The number of carbonyl (C=O) groups is 7. The highest BCUT2D eigenvalue weighted by Crippen LogP contribution is 2.13. The fourth-order valence-electron chi connectivity index (χ4n) is 4.65. The minimum absolute atomic E-state index is 0.0159. The zero-order valence-corrected chi connectivity index (χ0v) is 30.6. The maximum absolute atomic E-state index is 13.5. The molecule has 1 aliphatic heterocycles. The number of guanidine groups is 1. The van der Waals surface area contributed by atoms with Crippen molar-refractivity contribution in [2.75, 3.05) is 39.5 Å². The van der Waals surface area contributed by atoms with Gasteiger partial charge in [0.2, 0.25) is 35.4 Å². The number of unbranched alkanes of at least 4 members (excludes halogenated alkanes) is 2. The molecule has 1 saturated heterocycles. The van der Waals surface area contributed by atoms with Crippen LogP contribution in [-0.2, 0) is 38.3 Å². The summed E-state index contributed by atoms with van der Waals surface area (Å²) in [5.74, 6) is -6.41. The van der Waals surface area contributed by atoms with Crippen LogP contribution in [0.3, 0.4) is 0 Å². The van der Waals surface area contributed by atoms with Crippen molar-refractivity contribution in [3.8, 4) is 0 Å². The number of aliphatic carboxylic acids is 1. The number of aliphatic imine (C=N–C) groups is 1. The maximum atomic E-state index is 13.5. The van der Waals surface area contributed by atoms with E-state index in [1.165, 1.54) is 0 Å². The number of nitrogens with two attached hydrogens (primary N) is 4. The van der Waals surface area contributed by atoms with E-state index in [0.29, 0.717) is 38.8 Å². The van der Waals surface area contributed by atoms with Gasteiger partial charge in [-0.05, 0) is 64.0 Å². The van der Waals surface area contributed by atoms with Gasteiger partial charge in [-0.3, -0.25) is 28.8 Å². The SMILES string of the molecule is CC(C)C[C@H]1NC(=O)CCNC(=O)CNC(=O)[C@H](N=C(N)N)CCOCNC(=O)[C@H](CCCCN)NC(=O)[C@H](CCCCN)NC1=O.O=C(O)C(F)(F)F. The van der Waals surface area contributed by atoms with Gasteiger partial charge in [-0.1, -0.05) is 13.8 Å². The number of carboxylic acid groups (broad SMARTS) is 1. The molecule has 0 aromatic heterocycles. The van der Waals surface area contributed by atoms with E-state index in [-0.39, 0.29) is 63.9 Å². The Balaban J connectivity index is 0.00000363. The highest BCUT2D eigenvalue weighted by molar-refractivity contribution is 5.94. The number of rotatable bonds is 11. The molecule has 54 heavy (non-hydrogen) atoms. The number of carboxylic acids is 1. The number of ether oxygens (including phenoxy) is 1. The minimum atomic E-state index is -5.08. The number of hydrogen-bond acceptors (Lipinski definition) is 11. The highest BCUT2D eigenvalue weighted by Gasteiger charge is 2.38. The third kappa shape index (κ3) is 23.0. The van der Waals surface area contributed by atoms with Crippen LogP contribution in [0.4, 0.5) is 13.2 Å². The number of nitrogens with one attached hydrogen (secondary N) is 6. The van der Waals surface area contributed by atoms with Gasteiger partial charge in [0.15, 0.2) is 5.96 Å². The summed E-state index contributed by atoms with van der Waals surface area (Å²) >= 11 is 0. The lowest BCUT2D eigenvalue weighted by molar-refractivity contribution is -0.192. The van der Waals surface area contributed by atoms with Crippen LogP contribution in [0.25, 0.3) is 0 Å². The van der Waals surface area contributed by atoms with E-state index in [2.05, 4.69) is 36.9 Å². The standard InChI is InChI=1S/C29H55N11O7.C2HF3O2/c1-18(2)15-22-28(46)39-20(8-4-6-12-31)27(45)38-19(7-3-5-11-30)26(44)36-17-47-14-10-21(40-29(32)33)25(43)35-16-24(42)34-13-9-23(41)37-22;3-2(4,5)1(6)7/h18-22H,3-17,30-31H2,1-2H3,(H,34,42)(H,35,43)(H,36,44)(H,37,41)(H,38,45)(H,39,46)(H4,32,33,40);(H,6,7)/t19-,20-,21+,22+;/m0./s1. The monoisotopic (exact) mass is 783 g/mol. The van der Waals surface area contributed by atoms with Gasteiger partial charge >= 0.3 is 12.1 Å². The van der Waals surface area contributed by atoms with E-state index in [0.717, 1.165) is 0 Å². The van der Waals surface area contributed by atoms with E-state index in [1.54, 1.807) is 0 Å². The van der Waals surface area contributed by atoms with Gasteiger partial charge in [0.25, 0.3) is 0 Å². The molecule has 1 rings (SSSR count). The Morgan fingerprint density at radius 2 is 1.35 bits per heavy atom. The van der Waals surface area contributed by atoms with Gasteiger partial charge in [-0.25, -0.2) is 9.79 Å². The summed E-state index contributed by atoms with van der Waals surface area (Å²) in [5, 5.41) is 22.9. The zero-order valence-electron chi connectivity index (χ0n) is 30.6. The molecule has 0 aromatic rings. The summed E-state index contributed by atoms with van der Waals surface area (Å²) in [6.07, 6.45) is -2.06. The van der Waals surface area contributed by atoms with Crippen LogP contribution in [0.1, 0.15) is 71.6 Å². The maximum Gasteiger partial charge on any atom is 0.490 e. The van der Waals surface area contributed by atoms with E-state index in [9.17, 15) is 41.9 Å². The molecule has 0 aliphatic carbocycles. The van der Waals surface area contributed by atoms with Crippen LogP contribution in [0.15, 0.2) is 4.99 Å². The second kappa shape index (κ2) is 26.9. The molecule has 0 unspecified atom stereocenters. The van der Waals surface area contributed by atoms with Gasteiger partial charge in [-0.15, -0.1) is 0 Å².